The van der Waals surface area contributed by atoms with Gasteiger partial charge in [0.15, 0.2) is 5.96 Å². The van der Waals surface area contributed by atoms with Crippen molar-refractivity contribution in [1.82, 2.24) is 0 Å². The van der Waals surface area contributed by atoms with Gasteiger partial charge in [-0.25, -0.2) is 0 Å². The van der Waals surface area contributed by atoms with Gasteiger partial charge in [0.05, 0.1) is 19.8 Å². The van der Waals surface area contributed by atoms with Crippen LogP contribution in [0.5, 0.6) is 5.75 Å². The van der Waals surface area contributed by atoms with Crippen LogP contribution in [0.3, 0.4) is 0 Å². The summed E-state index contributed by atoms with van der Waals surface area (Å²) in [5.41, 5.74) is 10.4. The molecule has 0 saturated carbocycles. The molecule has 3 rings (SSSR count). The minimum atomic E-state index is -0.722. The van der Waals surface area contributed by atoms with Crippen molar-refractivity contribution in [2.45, 2.75) is 25.4 Å². The summed E-state index contributed by atoms with van der Waals surface area (Å²) in [5.74, 6) is 1.01. The summed E-state index contributed by atoms with van der Waals surface area (Å²) in [6.45, 7) is 0.191. The fourth-order valence-corrected chi connectivity index (χ4v) is 2.98. The summed E-state index contributed by atoms with van der Waals surface area (Å²) in [4.78, 5) is 4.24. The number of rotatable bonds is 5. The largest absolute Gasteiger partial charge is 0.497 e. The van der Waals surface area contributed by atoms with Crippen molar-refractivity contribution in [1.29, 1.82) is 0 Å². The highest BCUT2D eigenvalue weighted by atomic mass is 127. The van der Waals surface area contributed by atoms with Crippen LogP contribution in [0.15, 0.2) is 47.5 Å². The fraction of sp³-hybridized carbons (Fsp3) is 0.316. The number of hydrogen-bond acceptors (Lipinski definition) is 3. The molecule has 0 aromatic heterocycles. The molecule has 0 saturated heterocycles. The molecule has 1 unspecified atom stereocenters. The minimum Gasteiger partial charge on any atom is -0.497 e. The zero-order chi connectivity index (χ0) is 16.9. The molecule has 2 aromatic rings. The van der Waals surface area contributed by atoms with Crippen molar-refractivity contribution >= 4 is 35.6 Å². The molecular formula is C19H24IN3O2. The van der Waals surface area contributed by atoms with E-state index in [4.69, 9.17) is 10.5 Å². The second kappa shape index (κ2) is 9.05. The number of nitrogens with two attached hydrogens (primary N) is 1. The van der Waals surface area contributed by atoms with E-state index in [-0.39, 0.29) is 30.5 Å². The van der Waals surface area contributed by atoms with E-state index in [1.165, 1.54) is 17.5 Å². The van der Waals surface area contributed by atoms with Crippen LogP contribution in [0.4, 0.5) is 5.69 Å². The molecule has 0 heterocycles. The highest BCUT2D eigenvalue weighted by Crippen LogP contribution is 2.25. The number of aliphatic hydroxyl groups is 1. The number of aryl methyl sites for hydroxylation is 2. The number of aliphatic hydroxyl groups excluding tert-OH is 1. The number of benzene rings is 2. The van der Waals surface area contributed by atoms with Crippen LogP contribution >= 0.6 is 24.0 Å². The molecule has 2 aromatic carbocycles. The quantitative estimate of drug-likeness (QED) is 0.369. The lowest BCUT2D eigenvalue weighted by atomic mass is 10.1. The third kappa shape index (κ3) is 5.09. The summed E-state index contributed by atoms with van der Waals surface area (Å²) in [7, 11) is 1.60. The number of fused-ring (bicyclic) bond motifs is 1. The molecule has 0 fully saturated rings. The van der Waals surface area contributed by atoms with Gasteiger partial charge < -0.3 is 20.9 Å². The van der Waals surface area contributed by atoms with Crippen LogP contribution in [0.1, 0.15) is 29.2 Å². The molecule has 0 radical (unpaired) electrons. The second-order valence-corrected chi connectivity index (χ2v) is 5.98. The van der Waals surface area contributed by atoms with Crippen molar-refractivity contribution in [3.63, 3.8) is 0 Å². The van der Waals surface area contributed by atoms with Crippen LogP contribution in [-0.4, -0.2) is 24.7 Å². The minimum absolute atomic E-state index is 0. The van der Waals surface area contributed by atoms with E-state index in [9.17, 15) is 5.11 Å². The summed E-state index contributed by atoms with van der Waals surface area (Å²) in [6.07, 6.45) is 2.78. The van der Waals surface area contributed by atoms with Gasteiger partial charge in [0.1, 0.15) is 5.75 Å². The summed E-state index contributed by atoms with van der Waals surface area (Å²) >= 11 is 0. The van der Waals surface area contributed by atoms with E-state index < -0.39 is 6.10 Å². The predicted octanol–water partition coefficient (Wildman–Crippen LogP) is 3.26. The van der Waals surface area contributed by atoms with Gasteiger partial charge in [0.2, 0.25) is 0 Å². The van der Waals surface area contributed by atoms with Gasteiger partial charge in [-0.15, -0.1) is 24.0 Å². The molecule has 25 heavy (non-hydrogen) atoms. The summed E-state index contributed by atoms with van der Waals surface area (Å²) in [6, 6.07) is 13.6. The number of hydrogen-bond donors (Lipinski definition) is 3. The Morgan fingerprint density at radius 1 is 1.24 bits per heavy atom. The smallest absolute Gasteiger partial charge is 0.193 e. The molecule has 6 heteroatoms. The van der Waals surface area contributed by atoms with Crippen LogP contribution < -0.4 is 15.8 Å². The molecule has 1 aliphatic rings. The molecular weight excluding hydrogens is 429 g/mol. The average Bonchev–Trinajstić information content (AvgIpc) is 3.07. The zero-order valence-corrected chi connectivity index (χ0v) is 16.6. The van der Waals surface area contributed by atoms with Crippen molar-refractivity contribution in [2.24, 2.45) is 10.7 Å². The number of nitrogens with one attached hydrogen (secondary N) is 1. The van der Waals surface area contributed by atoms with E-state index in [0.717, 1.165) is 24.1 Å². The van der Waals surface area contributed by atoms with Gasteiger partial charge in [-0.1, -0.05) is 18.2 Å². The number of halogens is 1. The first-order valence-corrected chi connectivity index (χ1v) is 8.16. The van der Waals surface area contributed by atoms with Crippen molar-refractivity contribution in [3.8, 4) is 5.75 Å². The Morgan fingerprint density at radius 2 is 2.04 bits per heavy atom. The first-order valence-electron chi connectivity index (χ1n) is 8.16. The fourth-order valence-electron chi connectivity index (χ4n) is 2.98. The normalized spacial score (nSPS) is 14.4. The van der Waals surface area contributed by atoms with Gasteiger partial charge in [0.25, 0.3) is 0 Å². The van der Waals surface area contributed by atoms with Crippen LogP contribution in [0.25, 0.3) is 0 Å². The first-order chi connectivity index (χ1) is 11.7. The predicted molar refractivity (Wildman–Crippen MR) is 112 cm³/mol. The lowest BCUT2D eigenvalue weighted by molar-refractivity contribution is 0.187. The zero-order valence-electron chi connectivity index (χ0n) is 14.2. The Balaban J connectivity index is 0.00000225. The second-order valence-electron chi connectivity index (χ2n) is 5.98. The SMILES string of the molecule is COc1cccc(C(O)CN=C(N)Nc2ccc3c(c2)CCC3)c1.I. The Morgan fingerprint density at radius 3 is 2.84 bits per heavy atom. The molecule has 0 amide bonds. The van der Waals surface area contributed by atoms with Crippen molar-refractivity contribution < 1.29 is 9.84 Å². The van der Waals surface area contributed by atoms with Crippen LogP contribution in [-0.2, 0) is 12.8 Å². The van der Waals surface area contributed by atoms with Gasteiger partial charge in [0, 0.05) is 5.69 Å². The molecule has 1 atom stereocenters. The number of methoxy groups -OCH3 is 1. The van der Waals surface area contributed by atoms with E-state index in [0.29, 0.717) is 11.7 Å². The van der Waals surface area contributed by atoms with E-state index in [1.807, 2.05) is 24.3 Å². The Hall–Kier alpha value is -1.80. The number of nitrogens with zero attached hydrogens (tertiary/aromatic N) is 1. The van der Waals surface area contributed by atoms with Crippen molar-refractivity contribution in [2.75, 3.05) is 19.0 Å². The van der Waals surface area contributed by atoms with Gasteiger partial charge in [-0.3, -0.25) is 4.99 Å². The molecule has 4 N–H and O–H groups in total. The Kier molecular flexibility index (Phi) is 7.07. The maximum Gasteiger partial charge on any atom is 0.193 e. The van der Waals surface area contributed by atoms with Crippen LogP contribution in [0, 0.1) is 0 Å². The first kappa shape index (κ1) is 19.5. The number of guanidine groups is 1. The molecule has 0 bridgehead atoms. The standard InChI is InChI=1S/C19H23N3O2.HI/c1-24-17-7-3-6-15(11-17)18(23)12-21-19(20)22-16-9-8-13-4-2-5-14(13)10-16;/h3,6-11,18,23H,2,4-5,12H2,1H3,(H3,20,21,22);1H. The monoisotopic (exact) mass is 453 g/mol. The third-order valence-electron chi connectivity index (χ3n) is 4.28. The Bertz CT molecular complexity index is 749. The van der Waals surface area contributed by atoms with E-state index in [2.05, 4.69) is 22.4 Å². The molecule has 0 aliphatic heterocycles. The lowest BCUT2D eigenvalue weighted by Gasteiger charge is -2.11. The van der Waals surface area contributed by atoms with Gasteiger partial charge in [-0.2, -0.15) is 0 Å². The Labute approximate surface area is 165 Å². The molecule has 0 spiro atoms. The lowest BCUT2D eigenvalue weighted by Crippen LogP contribution is -2.23. The molecule has 1 aliphatic carbocycles. The maximum atomic E-state index is 10.2. The number of aliphatic imine (C=N–C) groups is 1. The van der Waals surface area contributed by atoms with Gasteiger partial charge >= 0.3 is 0 Å². The van der Waals surface area contributed by atoms with Crippen molar-refractivity contribution in [3.05, 3.63) is 59.2 Å². The van der Waals surface area contributed by atoms with Gasteiger partial charge in [-0.05, 0) is 60.2 Å². The van der Waals surface area contributed by atoms with Crippen LogP contribution in [0.2, 0.25) is 0 Å². The average molecular weight is 453 g/mol. The third-order valence-corrected chi connectivity index (χ3v) is 4.28. The topological polar surface area (TPSA) is 79.9 Å². The highest BCUT2D eigenvalue weighted by molar-refractivity contribution is 14.0. The van der Waals surface area contributed by atoms with E-state index >= 15 is 0 Å². The number of ether oxygens (including phenoxy) is 1. The molecule has 134 valence electrons. The number of anilines is 1. The molecule has 5 nitrogen and oxygen atoms in total. The van der Waals surface area contributed by atoms with E-state index in [1.54, 1.807) is 13.2 Å². The summed E-state index contributed by atoms with van der Waals surface area (Å²) < 4.78 is 5.16. The maximum absolute atomic E-state index is 10.2. The summed E-state index contributed by atoms with van der Waals surface area (Å²) in [5, 5.41) is 13.3. The highest BCUT2D eigenvalue weighted by Gasteiger charge is 2.11.